The Morgan fingerprint density at radius 1 is 1.86 bits per heavy atom. The highest BCUT2D eigenvalue weighted by atomic mass is 79.9. The second-order valence-corrected chi connectivity index (χ2v) is 3.06. The second-order valence-electron chi connectivity index (χ2n) is 1.76. The third-order valence-corrected chi connectivity index (χ3v) is 1.56. The molecule has 0 bridgehead atoms. The molecular weight excluding hydrogens is 156 g/mol. The average Bonchev–Trinajstić information content (AvgIpc) is 1.87. The number of nitrogens with zero attached hydrogens (tertiary/aromatic N) is 2. The van der Waals surface area contributed by atoms with Gasteiger partial charge >= 0.3 is 0 Å². The Kier molecular flexibility index (Phi) is 1.67. The van der Waals surface area contributed by atoms with E-state index in [2.05, 4.69) is 21.4 Å². The van der Waals surface area contributed by atoms with E-state index in [4.69, 9.17) is 0 Å². The van der Waals surface area contributed by atoms with Crippen molar-refractivity contribution in [2.75, 3.05) is 20.1 Å². The van der Waals surface area contributed by atoms with Crippen LogP contribution in [-0.4, -0.2) is 30.0 Å². The summed E-state index contributed by atoms with van der Waals surface area (Å²) in [6.45, 7) is 2.00. The van der Waals surface area contributed by atoms with Gasteiger partial charge in [0.25, 0.3) is 0 Å². The Labute approximate surface area is 52.0 Å². The van der Waals surface area contributed by atoms with Gasteiger partial charge in [-0.2, -0.15) is 5.43 Å². The first-order valence-electron chi connectivity index (χ1n) is 2.31. The zero-order valence-electron chi connectivity index (χ0n) is 4.26. The quantitative estimate of drug-likeness (QED) is 0.468. The number of hydrogen-bond acceptors (Lipinski definition) is 1. The Balaban J connectivity index is 2.26. The average molecular weight is 164 g/mol. The van der Waals surface area contributed by atoms with Crippen molar-refractivity contribution in [2.24, 2.45) is 0 Å². The van der Waals surface area contributed by atoms with Gasteiger partial charge in [0, 0.05) is 25.0 Å². The highest BCUT2D eigenvalue weighted by molar-refractivity contribution is 9.09. The van der Waals surface area contributed by atoms with Crippen LogP contribution in [0.15, 0.2) is 0 Å². The van der Waals surface area contributed by atoms with Crippen LogP contribution in [0.4, 0.5) is 0 Å². The third kappa shape index (κ3) is 1.40. The Bertz CT molecular complexity index is 58.7. The van der Waals surface area contributed by atoms with Gasteiger partial charge in [-0.05, 0) is 0 Å². The van der Waals surface area contributed by atoms with Crippen molar-refractivity contribution in [3.05, 3.63) is 0 Å². The molecule has 41 valence electrons. The molecule has 7 heavy (non-hydrogen) atoms. The molecular formula is C4H8BrN2. The lowest BCUT2D eigenvalue weighted by Crippen LogP contribution is -2.18. The molecule has 0 aliphatic carbocycles. The summed E-state index contributed by atoms with van der Waals surface area (Å²) >= 11 is 3.44. The summed E-state index contributed by atoms with van der Waals surface area (Å²) in [6, 6.07) is 0. The van der Waals surface area contributed by atoms with E-state index in [0.29, 0.717) is 4.83 Å². The molecule has 0 N–H and O–H groups in total. The summed E-state index contributed by atoms with van der Waals surface area (Å²) in [6.07, 6.45) is 0. The predicted molar refractivity (Wildman–Crippen MR) is 32.3 cm³/mol. The molecule has 0 amide bonds. The van der Waals surface area contributed by atoms with E-state index < -0.39 is 0 Å². The molecule has 1 radical (unpaired) electrons. The number of alkyl halides is 1. The summed E-state index contributed by atoms with van der Waals surface area (Å²) in [5.74, 6) is 0. The van der Waals surface area contributed by atoms with Crippen LogP contribution in [0.1, 0.15) is 0 Å². The molecule has 1 aliphatic heterocycles. The smallest absolute Gasteiger partial charge is 0.0445 e. The fourth-order valence-corrected chi connectivity index (χ4v) is 1.18. The molecule has 1 fully saturated rings. The van der Waals surface area contributed by atoms with Crippen LogP contribution < -0.4 is 5.43 Å². The van der Waals surface area contributed by atoms with Crippen LogP contribution in [0.3, 0.4) is 0 Å². The minimum absolute atomic E-state index is 0.595. The molecule has 0 saturated carbocycles. The molecule has 0 aromatic carbocycles. The molecule has 0 spiro atoms. The Morgan fingerprint density at radius 2 is 2.57 bits per heavy atom. The molecule has 2 nitrogen and oxygen atoms in total. The lowest BCUT2D eigenvalue weighted by atomic mass is 10.5. The first kappa shape index (κ1) is 5.54. The van der Waals surface area contributed by atoms with Crippen molar-refractivity contribution < 1.29 is 0 Å². The van der Waals surface area contributed by atoms with Gasteiger partial charge in [-0.15, -0.1) is 0 Å². The van der Waals surface area contributed by atoms with Crippen LogP contribution in [0.25, 0.3) is 0 Å². The fourth-order valence-electron chi connectivity index (χ4n) is 0.630. The molecule has 1 unspecified atom stereocenters. The molecule has 0 aromatic rings. The zero-order chi connectivity index (χ0) is 5.28. The topological polar surface area (TPSA) is 17.3 Å². The van der Waals surface area contributed by atoms with Crippen LogP contribution >= 0.6 is 15.9 Å². The van der Waals surface area contributed by atoms with E-state index in [-0.39, 0.29) is 0 Å². The molecule has 1 heterocycles. The SMILES string of the molecule is CN1CC(Br)C[N]1. The molecule has 1 saturated heterocycles. The second kappa shape index (κ2) is 2.11. The van der Waals surface area contributed by atoms with Crippen molar-refractivity contribution in [3.8, 4) is 0 Å². The third-order valence-electron chi connectivity index (χ3n) is 0.984. The summed E-state index contributed by atoms with van der Waals surface area (Å²) in [7, 11) is 1.99. The van der Waals surface area contributed by atoms with Crippen molar-refractivity contribution >= 4 is 15.9 Å². The largest absolute Gasteiger partial charge is 0.229 e. The van der Waals surface area contributed by atoms with E-state index >= 15 is 0 Å². The van der Waals surface area contributed by atoms with E-state index in [1.165, 1.54) is 0 Å². The van der Waals surface area contributed by atoms with Gasteiger partial charge in [0.15, 0.2) is 0 Å². The van der Waals surface area contributed by atoms with E-state index in [1.807, 2.05) is 12.1 Å². The van der Waals surface area contributed by atoms with E-state index in [0.717, 1.165) is 13.1 Å². The number of rotatable bonds is 0. The van der Waals surface area contributed by atoms with Gasteiger partial charge < -0.3 is 0 Å². The molecule has 1 rings (SSSR count). The summed E-state index contributed by atoms with van der Waals surface area (Å²) in [4.78, 5) is 0.595. The maximum Gasteiger partial charge on any atom is 0.0445 e. The van der Waals surface area contributed by atoms with Crippen LogP contribution in [0.5, 0.6) is 0 Å². The minimum atomic E-state index is 0.595. The summed E-state index contributed by atoms with van der Waals surface area (Å²) in [5, 5.41) is 1.96. The molecule has 1 aliphatic rings. The lowest BCUT2D eigenvalue weighted by Gasteiger charge is -2.00. The van der Waals surface area contributed by atoms with Crippen LogP contribution in [0.2, 0.25) is 0 Å². The Morgan fingerprint density at radius 3 is 2.71 bits per heavy atom. The summed E-state index contributed by atoms with van der Waals surface area (Å²) < 4.78 is 0. The van der Waals surface area contributed by atoms with Crippen LogP contribution in [-0.2, 0) is 0 Å². The van der Waals surface area contributed by atoms with Gasteiger partial charge in [0.1, 0.15) is 0 Å². The highest BCUT2D eigenvalue weighted by Gasteiger charge is 2.15. The van der Waals surface area contributed by atoms with Crippen molar-refractivity contribution in [3.63, 3.8) is 0 Å². The van der Waals surface area contributed by atoms with Crippen molar-refractivity contribution in [1.29, 1.82) is 0 Å². The Hall–Kier alpha value is 0.400. The van der Waals surface area contributed by atoms with Crippen molar-refractivity contribution in [1.82, 2.24) is 10.4 Å². The van der Waals surface area contributed by atoms with Gasteiger partial charge in [0.05, 0.1) is 0 Å². The maximum absolute atomic E-state index is 4.10. The van der Waals surface area contributed by atoms with E-state index in [9.17, 15) is 0 Å². The monoisotopic (exact) mass is 163 g/mol. The summed E-state index contributed by atoms with van der Waals surface area (Å²) in [5.41, 5.74) is 4.10. The molecule has 1 atom stereocenters. The van der Waals surface area contributed by atoms with Gasteiger partial charge in [-0.1, -0.05) is 15.9 Å². The standard InChI is InChI=1S/C4H8BrN2/c1-7-3-4(5)2-6-7/h4H,2-3H2,1H3. The first-order chi connectivity index (χ1) is 3.29. The number of hydrogen-bond donors (Lipinski definition) is 0. The molecule has 3 heteroatoms. The zero-order valence-corrected chi connectivity index (χ0v) is 5.85. The number of halogens is 1. The van der Waals surface area contributed by atoms with Gasteiger partial charge in [-0.25, -0.2) is 5.01 Å². The normalized spacial score (nSPS) is 34.3. The predicted octanol–water partition coefficient (Wildman–Crippen LogP) is 0.215. The van der Waals surface area contributed by atoms with Gasteiger partial charge in [-0.3, -0.25) is 0 Å². The van der Waals surface area contributed by atoms with E-state index in [1.54, 1.807) is 0 Å². The molecule has 0 aromatic heterocycles. The fraction of sp³-hybridized carbons (Fsp3) is 1.00. The lowest BCUT2D eigenvalue weighted by molar-refractivity contribution is 0.307. The van der Waals surface area contributed by atoms with Crippen LogP contribution in [0, 0.1) is 0 Å². The maximum atomic E-state index is 4.10. The minimum Gasteiger partial charge on any atom is -0.229 e. The highest BCUT2D eigenvalue weighted by Crippen LogP contribution is 2.05. The first-order valence-corrected chi connectivity index (χ1v) is 3.23. The van der Waals surface area contributed by atoms with Crippen molar-refractivity contribution in [2.45, 2.75) is 4.83 Å². The van der Waals surface area contributed by atoms with Gasteiger partial charge in [0.2, 0.25) is 0 Å².